The van der Waals surface area contributed by atoms with Crippen molar-refractivity contribution in [3.8, 4) is 0 Å². The third-order valence-electron chi connectivity index (χ3n) is 2.30. The third kappa shape index (κ3) is 2.10. The van der Waals surface area contributed by atoms with Crippen LogP contribution in [0, 0.1) is 0 Å². The van der Waals surface area contributed by atoms with Crippen molar-refractivity contribution in [2.45, 2.75) is 25.8 Å². The van der Waals surface area contributed by atoms with Crippen LogP contribution in [0.5, 0.6) is 0 Å². The number of aromatic nitrogens is 2. The van der Waals surface area contributed by atoms with Crippen LogP contribution in [-0.2, 0) is 11.3 Å². The van der Waals surface area contributed by atoms with Crippen molar-refractivity contribution in [2.24, 2.45) is 0 Å². The minimum absolute atomic E-state index is 0.304. The largest absolute Gasteiger partial charge is 0.381 e. The summed E-state index contributed by atoms with van der Waals surface area (Å²) >= 11 is 0. The molecule has 1 saturated heterocycles. The lowest BCUT2D eigenvalue weighted by atomic mass is 10.1. The fourth-order valence-corrected chi connectivity index (χ4v) is 1.47. The molecule has 0 saturated carbocycles. The number of nitrogens with one attached hydrogen (secondary N) is 1. The highest BCUT2D eigenvalue weighted by Gasteiger charge is 2.23. The van der Waals surface area contributed by atoms with Crippen molar-refractivity contribution in [2.75, 3.05) is 19.8 Å². The molecule has 14 heavy (non-hydrogen) atoms. The first-order valence-corrected chi connectivity index (χ1v) is 5.01. The summed E-state index contributed by atoms with van der Waals surface area (Å²) in [6, 6.07) is 0. The van der Waals surface area contributed by atoms with Gasteiger partial charge in [0.25, 0.3) is 0 Å². The maximum atomic E-state index is 5.26. The topological polar surface area (TPSA) is 60.2 Å². The van der Waals surface area contributed by atoms with Gasteiger partial charge in [0.05, 0.1) is 19.1 Å². The Bertz CT molecular complexity index is 281. The Hall–Kier alpha value is -0.940. The molecule has 5 heteroatoms. The maximum absolute atomic E-state index is 5.26. The van der Waals surface area contributed by atoms with E-state index in [2.05, 4.69) is 15.5 Å². The predicted octanol–water partition coefficient (Wildman–Crippen LogP) is 0.683. The molecule has 5 nitrogen and oxygen atoms in total. The van der Waals surface area contributed by atoms with Crippen LogP contribution >= 0.6 is 0 Å². The minimum Gasteiger partial charge on any atom is -0.381 e. The molecule has 1 atom stereocenters. The van der Waals surface area contributed by atoms with E-state index in [1.807, 2.05) is 6.92 Å². The van der Waals surface area contributed by atoms with Crippen molar-refractivity contribution in [1.29, 1.82) is 0 Å². The molecule has 1 unspecified atom stereocenters. The SMILES string of the molecule is CCNCc1noc(C2CCOC2)n1. The summed E-state index contributed by atoms with van der Waals surface area (Å²) in [7, 11) is 0. The van der Waals surface area contributed by atoms with Gasteiger partial charge in [-0.25, -0.2) is 0 Å². The van der Waals surface area contributed by atoms with Gasteiger partial charge in [0.15, 0.2) is 5.82 Å². The molecule has 2 heterocycles. The van der Waals surface area contributed by atoms with E-state index < -0.39 is 0 Å². The molecular weight excluding hydrogens is 182 g/mol. The summed E-state index contributed by atoms with van der Waals surface area (Å²) in [6.45, 7) is 5.15. The molecule has 0 radical (unpaired) electrons. The van der Waals surface area contributed by atoms with Crippen LogP contribution in [0.4, 0.5) is 0 Å². The summed E-state index contributed by atoms with van der Waals surface area (Å²) < 4.78 is 10.4. The van der Waals surface area contributed by atoms with Crippen LogP contribution in [0.1, 0.15) is 31.0 Å². The molecule has 1 aromatic heterocycles. The number of hydrogen-bond donors (Lipinski definition) is 1. The average molecular weight is 197 g/mol. The molecule has 0 aromatic carbocycles. The molecule has 1 aliphatic heterocycles. The zero-order chi connectivity index (χ0) is 9.80. The second-order valence-corrected chi connectivity index (χ2v) is 3.39. The van der Waals surface area contributed by atoms with E-state index in [1.165, 1.54) is 0 Å². The Labute approximate surface area is 82.8 Å². The van der Waals surface area contributed by atoms with Gasteiger partial charge in [0.1, 0.15) is 0 Å². The van der Waals surface area contributed by atoms with E-state index in [9.17, 15) is 0 Å². The molecule has 0 amide bonds. The van der Waals surface area contributed by atoms with Gasteiger partial charge in [0.2, 0.25) is 5.89 Å². The molecule has 1 N–H and O–H groups in total. The van der Waals surface area contributed by atoms with Gasteiger partial charge >= 0.3 is 0 Å². The van der Waals surface area contributed by atoms with E-state index in [0.29, 0.717) is 19.1 Å². The van der Waals surface area contributed by atoms with Crippen LogP contribution in [-0.4, -0.2) is 29.9 Å². The lowest BCUT2D eigenvalue weighted by Gasteiger charge is -1.97. The van der Waals surface area contributed by atoms with Gasteiger partial charge in [-0.05, 0) is 13.0 Å². The summed E-state index contributed by atoms with van der Waals surface area (Å²) in [5.74, 6) is 1.75. The van der Waals surface area contributed by atoms with Gasteiger partial charge in [-0.2, -0.15) is 4.98 Å². The zero-order valence-electron chi connectivity index (χ0n) is 8.32. The standard InChI is InChI=1S/C9H15N3O2/c1-2-10-5-8-11-9(14-12-8)7-3-4-13-6-7/h7,10H,2-6H2,1H3. The Morgan fingerprint density at radius 3 is 3.21 bits per heavy atom. The van der Waals surface area contributed by atoms with Crippen molar-refractivity contribution < 1.29 is 9.26 Å². The Morgan fingerprint density at radius 1 is 1.57 bits per heavy atom. The van der Waals surface area contributed by atoms with Crippen LogP contribution in [0.15, 0.2) is 4.52 Å². The first kappa shape index (κ1) is 9.61. The molecule has 1 fully saturated rings. The van der Waals surface area contributed by atoms with Crippen LogP contribution in [0.3, 0.4) is 0 Å². The fourth-order valence-electron chi connectivity index (χ4n) is 1.47. The summed E-state index contributed by atoms with van der Waals surface area (Å²) in [5, 5.41) is 7.05. The number of nitrogens with zero attached hydrogens (tertiary/aromatic N) is 2. The predicted molar refractivity (Wildman–Crippen MR) is 49.9 cm³/mol. The lowest BCUT2D eigenvalue weighted by Crippen LogP contribution is -2.12. The highest BCUT2D eigenvalue weighted by molar-refractivity contribution is 4.95. The van der Waals surface area contributed by atoms with Gasteiger partial charge in [-0.1, -0.05) is 12.1 Å². The van der Waals surface area contributed by atoms with Crippen LogP contribution < -0.4 is 5.32 Å². The van der Waals surface area contributed by atoms with E-state index >= 15 is 0 Å². The molecule has 0 spiro atoms. The third-order valence-corrected chi connectivity index (χ3v) is 2.30. The summed E-state index contributed by atoms with van der Waals surface area (Å²) in [5.41, 5.74) is 0. The van der Waals surface area contributed by atoms with Crippen molar-refractivity contribution >= 4 is 0 Å². The molecule has 0 bridgehead atoms. The number of ether oxygens (including phenoxy) is 1. The van der Waals surface area contributed by atoms with E-state index in [4.69, 9.17) is 9.26 Å². The molecule has 0 aliphatic carbocycles. The smallest absolute Gasteiger partial charge is 0.232 e. The first-order valence-electron chi connectivity index (χ1n) is 5.01. The molecular formula is C9H15N3O2. The molecule has 2 rings (SSSR count). The van der Waals surface area contributed by atoms with Gasteiger partial charge in [-0.15, -0.1) is 0 Å². The first-order chi connectivity index (χ1) is 6.90. The molecule has 78 valence electrons. The Balaban J connectivity index is 1.94. The lowest BCUT2D eigenvalue weighted by molar-refractivity contribution is 0.189. The highest BCUT2D eigenvalue weighted by Crippen LogP contribution is 2.23. The zero-order valence-corrected chi connectivity index (χ0v) is 8.32. The van der Waals surface area contributed by atoms with Gasteiger partial charge in [0, 0.05) is 6.61 Å². The van der Waals surface area contributed by atoms with Crippen molar-refractivity contribution in [1.82, 2.24) is 15.5 Å². The van der Waals surface area contributed by atoms with Gasteiger partial charge < -0.3 is 14.6 Å². The second-order valence-electron chi connectivity index (χ2n) is 3.39. The van der Waals surface area contributed by atoms with Crippen molar-refractivity contribution in [3.05, 3.63) is 11.7 Å². The minimum atomic E-state index is 0.304. The second kappa shape index (κ2) is 4.52. The number of rotatable bonds is 4. The average Bonchev–Trinajstić information content (AvgIpc) is 2.85. The van der Waals surface area contributed by atoms with Crippen LogP contribution in [0.2, 0.25) is 0 Å². The summed E-state index contributed by atoms with van der Waals surface area (Å²) in [6.07, 6.45) is 0.989. The van der Waals surface area contributed by atoms with Gasteiger partial charge in [-0.3, -0.25) is 0 Å². The normalized spacial score (nSPS) is 21.6. The monoisotopic (exact) mass is 197 g/mol. The summed E-state index contributed by atoms with van der Waals surface area (Å²) in [4.78, 5) is 4.31. The van der Waals surface area contributed by atoms with E-state index in [-0.39, 0.29) is 0 Å². The quantitative estimate of drug-likeness (QED) is 0.769. The molecule has 1 aliphatic rings. The maximum Gasteiger partial charge on any atom is 0.232 e. The van der Waals surface area contributed by atoms with Crippen LogP contribution in [0.25, 0.3) is 0 Å². The van der Waals surface area contributed by atoms with E-state index in [0.717, 1.165) is 31.3 Å². The Kier molecular flexibility index (Phi) is 3.10. The Morgan fingerprint density at radius 2 is 2.50 bits per heavy atom. The number of hydrogen-bond acceptors (Lipinski definition) is 5. The fraction of sp³-hybridized carbons (Fsp3) is 0.778. The molecule has 1 aromatic rings. The highest BCUT2D eigenvalue weighted by atomic mass is 16.5. The van der Waals surface area contributed by atoms with E-state index in [1.54, 1.807) is 0 Å². The van der Waals surface area contributed by atoms with Crippen molar-refractivity contribution in [3.63, 3.8) is 0 Å².